The summed E-state index contributed by atoms with van der Waals surface area (Å²) in [5, 5.41) is 6.19. The minimum absolute atomic E-state index is 0. The largest absolute Gasteiger partial charge is 0.461 e. The molecule has 0 aliphatic carbocycles. The van der Waals surface area contributed by atoms with Gasteiger partial charge in [-0.05, 0) is 32.9 Å². The Kier molecular flexibility index (Phi) is 9.02. The Morgan fingerprint density at radius 2 is 2.17 bits per heavy atom. The summed E-state index contributed by atoms with van der Waals surface area (Å²) < 4.78 is 4.92. The Morgan fingerprint density at radius 3 is 2.78 bits per heavy atom. The average molecular weight is 402 g/mol. The molecule has 104 valence electrons. The first kappa shape index (κ1) is 18.0. The van der Waals surface area contributed by atoms with Gasteiger partial charge in [-0.2, -0.15) is 0 Å². The van der Waals surface area contributed by atoms with Crippen LogP contribution in [-0.4, -0.2) is 30.6 Å². The standard InChI is InChI=1S/C11H16N2O2S.2BrH/c1-2-15-11(14)9-7-16-10(13-9)8-3-5-12-6-4-8;;/h7-8,12H,2-6H2,1H3;2*1H. The highest BCUT2D eigenvalue weighted by Crippen LogP contribution is 2.27. The molecule has 0 saturated carbocycles. The molecule has 0 radical (unpaired) electrons. The van der Waals surface area contributed by atoms with Crippen LogP contribution in [-0.2, 0) is 4.74 Å². The number of thiazole rings is 1. The molecule has 1 fully saturated rings. The summed E-state index contributed by atoms with van der Waals surface area (Å²) in [5.41, 5.74) is 0.459. The van der Waals surface area contributed by atoms with Crippen molar-refractivity contribution in [2.75, 3.05) is 19.7 Å². The van der Waals surface area contributed by atoms with Gasteiger partial charge in [-0.1, -0.05) is 0 Å². The molecular formula is C11H18Br2N2O2S. The molecule has 2 heterocycles. The van der Waals surface area contributed by atoms with E-state index in [9.17, 15) is 4.79 Å². The molecule has 1 aromatic rings. The van der Waals surface area contributed by atoms with Gasteiger partial charge in [0.1, 0.15) is 0 Å². The monoisotopic (exact) mass is 400 g/mol. The number of rotatable bonds is 3. The second-order valence-electron chi connectivity index (χ2n) is 3.82. The third-order valence-electron chi connectivity index (χ3n) is 2.69. The fourth-order valence-electron chi connectivity index (χ4n) is 1.84. The smallest absolute Gasteiger partial charge is 0.357 e. The number of piperidine rings is 1. The Bertz CT molecular complexity index is 368. The van der Waals surface area contributed by atoms with E-state index in [1.165, 1.54) is 0 Å². The van der Waals surface area contributed by atoms with Gasteiger partial charge in [-0.25, -0.2) is 9.78 Å². The Labute approximate surface area is 132 Å². The van der Waals surface area contributed by atoms with Gasteiger partial charge < -0.3 is 10.1 Å². The summed E-state index contributed by atoms with van der Waals surface area (Å²) in [7, 11) is 0. The summed E-state index contributed by atoms with van der Waals surface area (Å²) in [5.74, 6) is 0.202. The van der Waals surface area contributed by atoms with Gasteiger partial charge in [0, 0.05) is 11.3 Å². The van der Waals surface area contributed by atoms with Crippen molar-refractivity contribution in [3.05, 3.63) is 16.1 Å². The predicted molar refractivity (Wildman–Crippen MR) is 83.6 cm³/mol. The number of nitrogens with one attached hydrogen (secondary N) is 1. The van der Waals surface area contributed by atoms with Crippen molar-refractivity contribution in [2.45, 2.75) is 25.7 Å². The minimum Gasteiger partial charge on any atom is -0.461 e. The summed E-state index contributed by atoms with van der Waals surface area (Å²) in [6.45, 7) is 4.29. The number of hydrogen-bond acceptors (Lipinski definition) is 5. The van der Waals surface area contributed by atoms with Crippen LogP contribution in [0.25, 0.3) is 0 Å². The van der Waals surface area contributed by atoms with E-state index in [0.717, 1.165) is 30.9 Å². The Morgan fingerprint density at radius 1 is 1.50 bits per heavy atom. The maximum absolute atomic E-state index is 11.5. The van der Waals surface area contributed by atoms with Crippen LogP contribution < -0.4 is 5.32 Å². The molecule has 0 amide bonds. The molecule has 1 aromatic heterocycles. The predicted octanol–water partition coefficient (Wildman–Crippen LogP) is 2.94. The number of aromatic nitrogens is 1. The molecule has 0 unspecified atom stereocenters. The van der Waals surface area contributed by atoms with Gasteiger partial charge in [-0.3, -0.25) is 0 Å². The van der Waals surface area contributed by atoms with Crippen molar-refractivity contribution in [3.63, 3.8) is 0 Å². The lowest BCUT2D eigenvalue weighted by Crippen LogP contribution is -2.26. The number of carbonyl (C=O) groups is 1. The zero-order valence-corrected chi connectivity index (χ0v) is 14.4. The van der Waals surface area contributed by atoms with Crippen molar-refractivity contribution in [2.24, 2.45) is 0 Å². The average Bonchev–Trinajstić information content (AvgIpc) is 2.80. The number of nitrogens with zero attached hydrogens (tertiary/aromatic N) is 1. The van der Waals surface area contributed by atoms with E-state index in [2.05, 4.69) is 10.3 Å². The highest BCUT2D eigenvalue weighted by Gasteiger charge is 2.20. The SMILES string of the molecule is Br.Br.CCOC(=O)c1csc(C2CCNCC2)n1. The van der Waals surface area contributed by atoms with Crippen LogP contribution in [0.15, 0.2) is 5.38 Å². The normalized spacial score (nSPS) is 15.4. The van der Waals surface area contributed by atoms with Crippen LogP contribution in [0.4, 0.5) is 0 Å². The van der Waals surface area contributed by atoms with Crippen LogP contribution >= 0.6 is 45.3 Å². The van der Waals surface area contributed by atoms with Crippen LogP contribution in [0.2, 0.25) is 0 Å². The maximum atomic E-state index is 11.5. The lowest BCUT2D eigenvalue weighted by atomic mass is 9.99. The van der Waals surface area contributed by atoms with E-state index in [0.29, 0.717) is 18.2 Å². The molecule has 1 N–H and O–H groups in total. The molecule has 0 bridgehead atoms. The van der Waals surface area contributed by atoms with E-state index in [1.807, 2.05) is 0 Å². The second kappa shape index (κ2) is 9.01. The topological polar surface area (TPSA) is 51.2 Å². The summed E-state index contributed by atoms with van der Waals surface area (Å²) in [6.07, 6.45) is 2.21. The van der Waals surface area contributed by atoms with Gasteiger partial charge in [0.05, 0.1) is 11.6 Å². The zero-order valence-electron chi connectivity index (χ0n) is 10.2. The quantitative estimate of drug-likeness (QED) is 0.791. The number of carbonyl (C=O) groups excluding carboxylic acids is 1. The van der Waals surface area contributed by atoms with Gasteiger partial charge >= 0.3 is 5.97 Å². The van der Waals surface area contributed by atoms with Crippen molar-refractivity contribution in [3.8, 4) is 0 Å². The summed E-state index contributed by atoms with van der Waals surface area (Å²) in [4.78, 5) is 15.8. The van der Waals surface area contributed by atoms with E-state index in [-0.39, 0.29) is 39.9 Å². The molecular weight excluding hydrogens is 384 g/mol. The molecule has 0 atom stereocenters. The third-order valence-corrected chi connectivity index (χ3v) is 3.70. The van der Waals surface area contributed by atoms with E-state index in [4.69, 9.17) is 4.74 Å². The molecule has 1 aliphatic heterocycles. The van der Waals surface area contributed by atoms with Gasteiger partial charge in [0.25, 0.3) is 0 Å². The van der Waals surface area contributed by atoms with Crippen LogP contribution in [0, 0.1) is 0 Å². The number of hydrogen-bond donors (Lipinski definition) is 1. The Balaban J connectivity index is 0.00000144. The molecule has 0 aromatic carbocycles. The maximum Gasteiger partial charge on any atom is 0.357 e. The summed E-state index contributed by atoms with van der Waals surface area (Å²) in [6, 6.07) is 0. The third kappa shape index (κ3) is 4.60. The first-order valence-electron chi connectivity index (χ1n) is 5.64. The lowest BCUT2D eigenvalue weighted by molar-refractivity contribution is 0.0520. The second-order valence-corrected chi connectivity index (χ2v) is 4.71. The lowest BCUT2D eigenvalue weighted by Gasteiger charge is -2.20. The molecule has 4 nitrogen and oxygen atoms in total. The van der Waals surface area contributed by atoms with Gasteiger partial charge in [0.15, 0.2) is 5.69 Å². The minimum atomic E-state index is -0.307. The summed E-state index contributed by atoms with van der Waals surface area (Å²) >= 11 is 1.57. The zero-order chi connectivity index (χ0) is 11.4. The van der Waals surface area contributed by atoms with E-state index in [1.54, 1.807) is 23.6 Å². The Hall–Kier alpha value is 0.0200. The highest BCUT2D eigenvalue weighted by atomic mass is 79.9. The first-order chi connectivity index (χ1) is 7.81. The fourth-order valence-corrected chi connectivity index (χ4v) is 2.80. The number of ether oxygens (including phenoxy) is 1. The first-order valence-corrected chi connectivity index (χ1v) is 6.52. The fraction of sp³-hybridized carbons (Fsp3) is 0.636. The van der Waals surface area contributed by atoms with Crippen LogP contribution in [0.3, 0.4) is 0 Å². The number of esters is 1. The molecule has 2 rings (SSSR count). The highest BCUT2D eigenvalue weighted by molar-refractivity contribution is 8.93. The van der Waals surface area contributed by atoms with Crippen molar-refractivity contribution < 1.29 is 9.53 Å². The van der Waals surface area contributed by atoms with Crippen LogP contribution in [0.5, 0.6) is 0 Å². The molecule has 0 spiro atoms. The molecule has 18 heavy (non-hydrogen) atoms. The molecule has 1 aliphatic rings. The van der Waals surface area contributed by atoms with Gasteiger partial charge in [-0.15, -0.1) is 45.3 Å². The van der Waals surface area contributed by atoms with Gasteiger partial charge in [0.2, 0.25) is 0 Å². The van der Waals surface area contributed by atoms with E-state index < -0.39 is 0 Å². The van der Waals surface area contributed by atoms with Crippen LogP contribution in [0.1, 0.15) is 41.2 Å². The van der Waals surface area contributed by atoms with Crippen molar-refractivity contribution >= 4 is 51.3 Å². The van der Waals surface area contributed by atoms with E-state index >= 15 is 0 Å². The van der Waals surface area contributed by atoms with Crippen molar-refractivity contribution in [1.82, 2.24) is 10.3 Å². The molecule has 7 heteroatoms. The molecule has 1 saturated heterocycles. The number of halogens is 2. The van der Waals surface area contributed by atoms with Crippen molar-refractivity contribution in [1.29, 1.82) is 0 Å².